The summed E-state index contributed by atoms with van der Waals surface area (Å²) in [4.78, 5) is 2.91. The molecule has 7 heteroatoms. The van der Waals surface area contributed by atoms with Gasteiger partial charge in [-0.15, -0.1) is 0 Å². The van der Waals surface area contributed by atoms with Crippen LogP contribution in [0.25, 0.3) is 0 Å². The fraction of sp³-hybridized carbons (Fsp3) is 0.556. The normalized spacial score (nSPS) is 13.9. The second-order valence-electron chi connectivity index (χ2n) is 3.15. The summed E-state index contributed by atoms with van der Waals surface area (Å²) in [5.41, 5.74) is 0. The number of hydrogen-bond acceptors (Lipinski definition) is 4. The molecule has 1 aromatic rings. The molecular formula is C9H15NO5S. The van der Waals surface area contributed by atoms with Crippen LogP contribution in [-0.2, 0) is 10.1 Å². The summed E-state index contributed by atoms with van der Waals surface area (Å²) in [5.74, 6) is 1.44. The topological polar surface area (TPSA) is 88.6 Å². The Morgan fingerprint density at radius 3 is 2.62 bits per heavy atom. The molecule has 1 aliphatic rings. The maximum absolute atomic E-state index is 9.79. The number of aromatic amines is 1. The van der Waals surface area contributed by atoms with Gasteiger partial charge in [-0.25, -0.2) is 0 Å². The molecule has 0 fully saturated rings. The first kappa shape index (κ1) is 12.9. The highest BCUT2D eigenvalue weighted by atomic mass is 32.2. The Bertz CT molecular complexity index is 391. The van der Waals surface area contributed by atoms with Gasteiger partial charge >= 0.3 is 0 Å². The summed E-state index contributed by atoms with van der Waals surface area (Å²) in [6.07, 6.45) is 2.27. The molecule has 0 aromatic carbocycles. The van der Waals surface area contributed by atoms with Crippen molar-refractivity contribution in [3.8, 4) is 11.6 Å². The van der Waals surface area contributed by atoms with E-state index in [9.17, 15) is 8.42 Å². The van der Waals surface area contributed by atoms with Crippen molar-refractivity contribution in [1.82, 2.24) is 4.98 Å². The Morgan fingerprint density at radius 2 is 2.12 bits per heavy atom. The lowest BCUT2D eigenvalue weighted by Crippen LogP contribution is -2.14. The van der Waals surface area contributed by atoms with Gasteiger partial charge in [0.15, 0.2) is 5.75 Å². The zero-order valence-corrected chi connectivity index (χ0v) is 9.79. The highest BCUT2D eigenvalue weighted by Gasteiger charge is 2.10. The van der Waals surface area contributed by atoms with Crippen LogP contribution in [0.2, 0.25) is 0 Å². The number of aromatic nitrogens is 1. The Morgan fingerprint density at radius 1 is 1.44 bits per heavy atom. The molecule has 0 bridgehead atoms. The van der Waals surface area contributed by atoms with E-state index >= 15 is 0 Å². The summed E-state index contributed by atoms with van der Waals surface area (Å²) < 4.78 is 38.0. The summed E-state index contributed by atoms with van der Waals surface area (Å²) in [7, 11) is -3.67. The van der Waals surface area contributed by atoms with Crippen LogP contribution in [0.15, 0.2) is 12.3 Å². The van der Waals surface area contributed by atoms with Crippen LogP contribution in [0.4, 0.5) is 0 Å². The minimum atomic E-state index is -3.67. The first-order chi connectivity index (χ1) is 7.53. The quantitative estimate of drug-likeness (QED) is 0.765. The average molecular weight is 249 g/mol. The molecule has 2 N–H and O–H groups in total. The van der Waals surface area contributed by atoms with Gasteiger partial charge in [0.2, 0.25) is 5.88 Å². The number of fused-ring (bicyclic) bond motifs is 1. The predicted molar refractivity (Wildman–Crippen MR) is 58.5 cm³/mol. The number of hydrogen-bond donors (Lipinski definition) is 2. The molecule has 1 aromatic heterocycles. The van der Waals surface area contributed by atoms with E-state index in [-0.39, 0.29) is 5.75 Å². The molecule has 92 valence electrons. The van der Waals surface area contributed by atoms with Crippen LogP contribution < -0.4 is 9.47 Å². The SMILES string of the molecule is CCCS(=O)(=O)O.c1cc2c([nH]1)OCCO2. The summed E-state index contributed by atoms with van der Waals surface area (Å²) in [5, 5.41) is 0. The van der Waals surface area contributed by atoms with Crippen molar-refractivity contribution in [3.63, 3.8) is 0 Å². The summed E-state index contributed by atoms with van der Waals surface area (Å²) in [6.45, 7) is 2.99. The van der Waals surface area contributed by atoms with Crippen molar-refractivity contribution in [1.29, 1.82) is 0 Å². The fourth-order valence-electron chi connectivity index (χ4n) is 1.12. The van der Waals surface area contributed by atoms with Gasteiger partial charge in [-0.05, 0) is 6.42 Å². The predicted octanol–water partition coefficient (Wildman–Crippen LogP) is 1.07. The van der Waals surface area contributed by atoms with E-state index in [0.717, 1.165) is 11.6 Å². The van der Waals surface area contributed by atoms with Gasteiger partial charge in [0.25, 0.3) is 10.1 Å². The van der Waals surface area contributed by atoms with Gasteiger partial charge in [0, 0.05) is 12.3 Å². The van der Waals surface area contributed by atoms with Crippen molar-refractivity contribution in [2.75, 3.05) is 19.0 Å². The van der Waals surface area contributed by atoms with E-state index < -0.39 is 10.1 Å². The van der Waals surface area contributed by atoms with E-state index in [1.165, 1.54) is 0 Å². The second kappa shape index (κ2) is 5.76. The number of rotatable bonds is 2. The molecule has 0 amide bonds. The van der Waals surface area contributed by atoms with Gasteiger partial charge in [0.1, 0.15) is 13.2 Å². The van der Waals surface area contributed by atoms with Gasteiger partial charge < -0.3 is 14.5 Å². The van der Waals surface area contributed by atoms with Crippen LogP contribution in [0.1, 0.15) is 13.3 Å². The van der Waals surface area contributed by atoms with Gasteiger partial charge in [-0.1, -0.05) is 6.92 Å². The van der Waals surface area contributed by atoms with E-state index in [0.29, 0.717) is 19.6 Å². The van der Waals surface area contributed by atoms with Crippen molar-refractivity contribution in [2.24, 2.45) is 0 Å². The maximum atomic E-state index is 9.79. The Balaban J connectivity index is 0.000000168. The smallest absolute Gasteiger partial charge is 0.264 e. The molecular weight excluding hydrogens is 234 g/mol. The number of nitrogens with one attached hydrogen (secondary N) is 1. The highest BCUT2D eigenvalue weighted by Crippen LogP contribution is 2.26. The van der Waals surface area contributed by atoms with Crippen LogP contribution in [0.5, 0.6) is 11.6 Å². The largest absolute Gasteiger partial charge is 0.484 e. The van der Waals surface area contributed by atoms with Gasteiger partial charge in [-0.2, -0.15) is 8.42 Å². The van der Waals surface area contributed by atoms with Crippen LogP contribution >= 0.6 is 0 Å². The minimum absolute atomic E-state index is 0.132. The molecule has 0 unspecified atom stereocenters. The molecule has 16 heavy (non-hydrogen) atoms. The average Bonchev–Trinajstić information content (AvgIpc) is 2.64. The molecule has 0 saturated heterocycles. The van der Waals surface area contributed by atoms with Crippen LogP contribution in [0, 0.1) is 0 Å². The molecule has 0 saturated carbocycles. The first-order valence-corrected chi connectivity index (χ1v) is 6.52. The highest BCUT2D eigenvalue weighted by molar-refractivity contribution is 7.85. The van der Waals surface area contributed by atoms with Crippen molar-refractivity contribution < 1.29 is 22.4 Å². The third-order valence-corrected chi connectivity index (χ3v) is 2.65. The summed E-state index contributed by atoms with van der Waals surface area (Å²) in [6, 6.07) is 1.86. The van der Waals surface area contributed by atoms with Gasteiger partial charge in [-0.3, -0.25) is 4.55 Å². The molecule has 0 atom stereocenters. The Labute approximate surface area is 94.3 Å². The third-order valence-electron chi connectivity index (χ3n) is 1.72. The summed E-state index contributed by atoms with van der Waals surface area (Å²) >= 11 is 0. The first-order valence-electron chi connectivity index (χ1n) is 4.91. The zero-order valence-electron chi connectivity index (χ0n) is 8.97. The van der Waals surface area contributed by atoms with E-state index in [1.54, 1.807) is 13.1 Å². The zero-order chi connectivity index (χ0) is 12.0. The minimum Gasteiger partial charge on any atom is -0.484 e. The Hall–Kier alpha value is -1.21. The van der Waals surface area contributed by atoms with Crippen LogP contribution in [-0.4, -0.2) is 36.9 Å². The van der Waals surface area contributed by atoms with Crippen LogP contribution in [0.3, 0.4) is 0 Å². The molecule has 0 radical (unpaired) electrons. The Kier molecular flexibility index (Phi) is 4.63. The lowest BCUT2D eigenvalue weighted by atomic mass is 10.5. The standard InChI is InChI=1S/C6H7NO2.C3H8O3S/c1-2-7-6-5(1)8-3-4-9-6;1-2-3-7(4,5)6/h1-2,7H,3-4H2;2-3H2,1H3,(H,4,5,6). The third kappa shape index (κ3) is 4.54. The van der Waals surface area contributed by atoms with E-state index in [2.05, 4.69) is 4.98 Å². The lowest BCUT2D eigenvalue weighted by Gasteiger charge is -2.13. The fourth-order valence-corrected chi connectivity index (χ4v) is 1.64. The van der Waals surface area contributed by atoms with E-state index in [1.807, 2.05) is 6.07 Å². The monoisotopic (exact) mass is 249 g/mol. The molecule has 0 spiro atoms. The second-order valence-corrected chi connectivity index (χ2v) is 4.73. The molecule has 0 aliphatic carbocycles. The molecule has 2 heterocycles. The number of H-pyrrole nitrogens is 1. The van der Waals surface area contributed by atoms with Gasteiger partial charge in [0.05, 0.1) is 5.75 Å². The van der Waals surface area contributed by atoms with Crippen molar-refractivity contribution >= 4 is 10.1 Å². The molecule has 2 rings (SSSR count). The molecule has 6 nitrogen and oxygen atoms in total. The molecule has 1 aliphatic heterocycles. The van der Waals surface area contributed by atoms with E-state index in [4.69, 9.17) is 14.0 Å². The lowest BCUT2D eigenvalue weighted by molar-refractivity contribution is 0.167. The number of ether oxygens (including phenoxy) is 2. The van der Waals surface area contributed by atoms with Crippen molar-refractivity contribution in [3.05, 3.63) is 12.3 Å². The maximum Gasteiger partial charge on any atom is 0.264 e. The van der Waals surface area contributed by atoms with Crippen molar-refractivity contribution in [2.45, 2.75) is 13.3 Å².